The SMILES string of the molecule is N=C1C(c2nc(-c3ccccc3)cs2)=C(O)CN1C[C@@H]1CCCN2CCCC[C@H]12. The number of piperidine rings is 2. The highest BCUT2D eigenvalue weighted by Crippen LogP contribution is 2.35. The molecule has 4 heterocycles. The van der Waals surface area contributed by atoms with Crippen LogP contribution in [0.5, 0.6) is 0 Å². The van der Waals surface area contributed by atoms with Gasteiger partial charge >= 0.3 is 0 Å². The summed E-state index contributed by atoms with van der Waals surface area (Å²) >= 11 is 1.51. The second kappa shape index (κ2) is 7.92. The Bertz CT molecular complexity index is 920. The number of aliphatic hydroxyl groups excluding tert-OH is 1. The number of hydrogen-bond acceptors (Lipinski definition) is 5. The van der Waals surface area contributed by atoms with E-state index >= 15 is 0 Å². The molecule has 3 aliphatic heterocycles. The summed E-state index contributed by atoms with van der Waals surface area (Å²) in [4.78, 5) is 9.47. The highest BCUT2D eigenvalue weighted by molar-refractivity contribution is 7.11. The van der Waals surface area contributed by atoms with E-state index in [0.29, 0.717) is 35.7 Å². The minimum atomic E-state index is 0.292. The third-order valence-electron chi connectivity index (χ3n) is 6.65. The molecule has 1 aromatic carbocycles. The fraction of sp³-hybridized carbons (Fsp3) is 0.478. The van der Waals surface area contributed by atoms with Crippen molar-refractivity contribution in [2.75, 3.05) is 26.2 Å². The number of hydrogen-bond donors (Lipinski definition) is 2. The van der Waals surface area contributed by atoms with Crippen LogP contribution in [0, 0.1) is 11.3 Å². The maximum absolute atomic E-state index is 10.7. The van der Waals surface area contributed by atoms with Crippen molar-refractivity contribution in [2.24, 2.45) is 5.92 Å². The number of aliphatic hydroxyl groups is 1. The van der Waals surface area contributed by atoms with E-state index in [1.54, 1.807) is 0 Å². The van der Waals surface area contributed by atoms with E-state index in [9.17, 15) is 5.11 Å². The summed E-state index contributed by atoms with van der Waals surface area (Å²) in [5.41, 5.74) is 2.59. The first-order valence-corrected chi connectivity index (χ1v) is 11.6. The lowest BCUT2D eigenvalue weighted by molar-refractivity contribution is 0.0504. The molecular weight excluding hydrogens is 380 g/mol. The van der Waals surface area contributed by atoms with Crippen LogP contribution in [0.3, 0.4) is 0 Å². The lowest BCUT2D eigenvalue weighted by Crippen LogP contribution is -2.51. The van der Waals surface area contributed by atoms with Gasteiger partial charge in [-0.3, -0.25) is 5.41 Å². The Morgan fingerprint density at radius 2 is 1.93 bits per heavy atom. The Kier molecular flexibility index (Phi) is 5.14. The van der Waals surface area contributed by atoms with Crippen LogP contribution in [0.15, 0.2) is 41.5 Å². The monoisotopic (exact) mass is 408 g/mol. The molecule has 5 rings (SSSR count). The third kappa shape index (κ3) is 3.60. The van der Waals surface area contributed by atoms with Gasteiger partial charge in [0.15, 0.2) is 0 Å². The molecule has 6 heteroatoms. The van der Waals surface area contributed by atoms with Crippen molar-refractivity contribution in [1.29, 1.82) is 5.41 Å². The molecule has 0 spiro atoms. The molecule has 2 atom stereocenters. The average Bonchev–Trinajstić information content (AvgIpc) is 3.33. The van der Waals surface area contributed by atoms with E-state index in [1.807, 2.05) is 35.7 Å². The number of benzene rings is 1. The zero-order valence-electron chi connectivity index (χ0n) is 16.7. The van der Waals surface area contributed by atoms with Crippen LogP contribution in [-0.4, -0.2) is 57.9 Å². The van der Waals surface area contributed by atoms with Crippen LogP contribution >= 0.6 is 11.3 Å². The highest BCUT2D eigenvalue weighted by Gasteiger charge is 2.37. The fourth-order valence-electron chi connectivity index (χ4n) is 5.22. The summed E-state index contributed by atoms with van der Waals surface area (Å²) in [6.07, 6.45) is 6.41. The molecule has 0 unspecified atom stereocenters. The van der Waals surface area contributed by atoms with Crippen LogP contribution in [0.2, 0.25) is 0 Å². The summed E-state index contributed by atoms with van der Waals surface area (Å²) in [5, 5.41) is 22.2. The van der Waals surface area contributed by atoms with E-state index < -0.39 is 0 Å². The van der Waals surface area contributed by atoms with E-state index in [2.05, 4.69) is 9.80 Å². The van der Waals surface area contributed by atoms with Gasteiger partial charge in [0, 0.05) is 23.5 Å². The van der Waals surface area contributed by atoms with Crippen molar-refractivity contribution in [3.8, 4) is 11.3 Å². The number of nitrogens with one attached hydrogen (secondary N) is 1. The van der Waals surface area contributed by atoms with Crippen LogP contribution in [0.25, 0.3) is 16.8 Å². The standard InChI is InChI=1S/C23H28N4OS/c24-22-21(23-25-18(15-29-23)16-7-2-1-3-8-16)20(28)14-27(22)13-17-9-6-12-26-11-5-4-10-19(17)26/h1-3,7-8,15,17,19,24,28H,4-6,9-14H2/t17-,19+/m0/s1. The summed E-state index contributed by atoms with van der Waals surface area (Å²) in [7, 11) is 0. The third-order valence-corrected chi connectivity index (χ3v) is 7.51. The number of fused-ring (bicyclic) bond motifs is 1. The Morgan fingerprint density at radius 1 is 1.10 bits per heavy atom. The molecular formula is C23H28N4OS. The Morgan fingerprint density at radius 3 is 2.79 bits per heavy atom. The van der Waals surface area contributed by atoms with Gasteiger partial charge in [0.2, 0.25) is 0 Å². The highest BCUT2D eigenvalue weighted by atomic mass is 32.1. The van der Waals surface area contributed by atoms with Gasteiger partial charge in [0.1, 0.15) is 16.6 Å². The van der Waals surface area contributed by atoms with Crippen LogP contribution in [0.4, 0.5) is 0 Å². The van der Waals surface area contributed by atoms with Gasteiger partial charge in [-0.05, 0) is 44.7 Å². The summed E-state index contributed by atoms with van der Waals surface area (Å²) < 4.78 is 0. The molecule has 29 heavy (non-hydrogen) atoms. The molecule has 1 aromatic heterocycles. The Hall–Kier alpha value is -2.18. The van der Waals surface area contributed by atoms with Crippen molar-refractivity contribution in [2.45, 2.75) is 38.1 Å². The topological polar surface area (TPSA) is 63.5 Å². The zero-order valence-corrected chi connectivity index (χ0v) is 17.5. The number of rotatable bonds is 4. The molecule has 3 aliphatic rings. The lowest BCUT2D eigenvalue weighted by atomic mass is 9.83. The number of aromatic nitrogens is 1. The van der Waals surface area contributed by atoms with E-state index in [4.69, 9.17) is 10.4 Å². The second-order valence-corrected chi connectivity index (χ2v) is 9.31. The number of nitrogens with zero attached hydrogens (tertiary/aromatic N) is 3. The molecule has 0 radical (unpaired) electrons. The van der Waals surface area contributed by atoms with Gasteiger partial charge in [-0.1, -0.05) is 36.8 Å². The van der Waals surface area contributed by atoms with Crippen LogP contribution in [0.1, 0.15) is 37.1 Å². The van der Waals surface area contributed by atoms with Crippen LogP contribution in [-0.2, 0) is 0 Å². The maximum atomic E-state index is 10.7. The Labute approximate surface area is 176 Å². The van der Waals surface area contributed by atoms with Crippen molar-refractivity contribution in [1.82, 2.24) is 14.8 Å². The minimum absolute atomic E-state index is 0.292. The lowest BCUT2D eigenvalue weighted by Gasteiger charge is -2.45. The van der Waals surface area contributed by atoms with Gasteiger partial charge in [-0.2, -0.15) is 0 Å². The quantitative estimate of drug-likeness (QED) is 0.774. The summed E-state index contributed by atoms with van der Waals surface area (Å²) in [6.45, 7) is 3.77. The van der Waals surface area contributed by atoms with Crippen molar-refractivity contribution < 1.29 is 5.11 Å². The first-order valence-electron chi connectivity index (χ1n) is 10.7. The van der Waals surface area contributed by atoms with E-state index in [0.717, 1.165) is 22.8 Å². The Balaban J connectivity index is 1.31. The molecule has 0 bridgehead atoms. The average molecular weight is 409 g/mol. The first-order chi connectivity index (χ1) is 14.2. The molecule has 0 saturated carbocycles. The van der Waals surface area contributed by atoms with E-state index in [1.165, 1.54) is 56.5 Å². The fourth-order valence-corrected chi connectivity index (χ4v) is 6.11. The first kappa shape index (κ1) is 18.8. The summed E-state index contributed by atoms with van der Waals surface area (Å²) in [6, 6.07) is 10.7. The molecule has 2 aromatic rings. The minimum Gasteiger partial charge on any atom is -0.510 e. The smallest absolute Gasteiger partial charge is 0.135 e. The largest absolute Gasteiger partial charge is 0.510 e. The van der Waals surface area contributed by atoms with Gasteiger partial charge < -0.3 is 14.9 Å². The van der Waals surface area contributed by atoms with Crippen molar-refractivity contribution >= 4 is 22.7 Å². The van der Waals surface area contributed by atoms with Crippen molar-refractivity contribution in [3.63, 3.8) is 0 Å². The zero-order chi connectivity index (χ0) is 19.8. The van der Waals surface area contributed by atoms with Gasteiger partial charge in [0.25, 0.3) is 0 Å². The van der Waals surface area contributed by atoms with E-state index in [-0.39, 0.29) is 0 Å². The molecule has 5 nitrogen and oxygen atoms in total. The second-order valence-electron chi connectivity index (χ2n) is 8.46. The number of amidine groups is 1. The van der Waals surface area contributed by atoms with Crippen molar-refractivity contribution in [3.05, 3.63) is 46.5 Å². The summed E-state index contributed by atoms with van der Waals surface area (Å²) in [5.74, 6) is 1.32. The molecule has 0 aliphatic carbocycles. The molecule has 0 amide bonds. The molecule has 152 valence electrons. The van der Waals surface area contributed by atoms with Gasteiger partial charge in [-0.25, -0.2) is 4.98 Å². The normalized spacial score (nSPS) is 25.5. The maximum Gasteiger partial charge on any atom is 0.135 e. The molecule has 2 fully saturated rings. The van der Waals surface area contributed by atoms with Crippen LogP contribution < -0.4 is 0 Å². The molecule has 2 saturated heterocycles. The predicted octanol–water partition coefficient (Wildman–Crippen LogP) is 4.64. The number of thiazole rings is 1. The molecule has 2 N–H and O–H groups in total. The predicted molar refractivity (Wildman–Crippen MR) is 118 cm³/mol. The van der Waals surface area contributed by atoms with Gasteiger partial charge in [-0.15, -0.1) is 11.3 Å². The van der Waals surface area contributed by atoms with Gasteiger partial charge in [0.05, 0.1) is 17.8 Å².